The number of methoxy groups -OCH3 is 1. The molecule has 0 aliphatic heterocycles. The van der Waals surface area contributed by atoms with E-state index in [1.807, 2.05) is 54.6 Å². The van der Waals surface area contributed by atoms with Crippen LogP contribution in [0.15, 0.2) is 42.5 Å². The van der Waals surface area contributed by atoms with Gasteiger partial charge in [-0.05, 0) is 81.1 Å². The summed E-state index contributed by atoms with van der Waals surface area (Å²) < 4.78 is 7.04. The third-order valence-electron chi connectivity index (χ3n) is 3.41. The molecular weight excluding hydrogens is 516 g/mol. The molecule has 0 atom stereocenters. The first-order valence-electron chi connectivity index (χ1n) is 6.88. The second kappa shape index (κ2) is 7.04. The summed E-state index contributed by atoms with van der Waals surface area (Å²) in [5, 5.41) is 10.9. The minimum atomic E-state index is 0.330. The van der Waals surface area contributed by atoms with Crippen LogP contribution in [0.25, 0.3) is 23.1 Å². The average molecular weight is 529 g/mol. The first-order valence-corrected chi connectivity index (χ1v) is 9.04. The maximum absolute atomic E-state index is 9.83. The lowest BCUT2D eigenvalue weighted by Crippen LogP contribution is -1.89. The molecule has 1 N–H and O–H groups in total. The summed E-state index contributed by atoms with van der Waals surface area (Å²) in [7, 11) is 1.65. The fourth-order valence-corrected chi connectivity index (χ4v) is 4.07. The number of halogens is 2. The van der Waals surface area contributed by atoms with Crippen LogP contribution in [0, 0.1) is 7.14 Å². The van der Waals surface area contributed by atoms with Gasteiger partial charge in [-0.1, -0.05) is 24.3 Å². The monoisotopic (exact) mass is 529 g/mol. The molecule has 0 aliphatic carbocycles. The Balaban J connectivity index is 1.98. The maximum Gasteiger partial charge on any atom is 0.145 e. The quantitative estimate of drug-likeness (QED) is 0.467. The van der Waals surface area contributed by atoms with Crippen LogP contribution in [0.2, 0.25) is 0 Å². The van der Waals surface area contributed by atoms with E-state index in [9.17, 15) is 5.11 Å². The van der Waals surface area contributed by atoms with Crippen molar-refractivity contribution in [1.82, 2.24) is 4.98 Å². The van der Waals surface area contributed by atoms with E-state index >= 15 is 0 Å². The van der Waals surface area contributed by atoms with E-state index < -0.39 is 0 Å². The highest BCUT2D eigenvalue weighted by Crippen LogP contribution is 2.28. The molecule has 3 nitrogen and oxygen atoms in total. The number of hydrogen-bond donors (Lipinski definition) is 1. The van der Waals surface area contributed by atoms with Crippen molar-refractivity contribution in [2.75, 3.05) is 7.11 Å². The smallest absolute Gasteiger partial charge is 0.145 e. The fourth-order valence-electron chi connectivity index (χ4n) is 2.26. The molecule has 0 radical (unpaired) electrons. The number of para-hydroxylation sites is 1. The predicted molar refractivity (Wildman–Crippen MR) is 111 cm³/mol. The Bertz CT molecular complexity index is 884. The lowest BCUT2D eigenvalue weighted by molar-refractivity contribution is 0.419. The molecule has 0 spiro atoms. The van der Waals surface area contributed by atoms with E-state index in [0.717, 1.165) is 35.1 Å². The second-order valence-electron chi connectivity index (χ2n) is 4.93. The van der Waals surface area contributed by atoms with Crippen LogP contribution in [0.4, 0.5) is 0 Å². The molecule has 3 aromatic rings. The first kappa shape index (κ1) is 16.5. The molecule has 2 aromatic carbocycles. The lowest BCUT2D eigenvalue weighted by atomic mass is 10.1. The number of benzene rings is 2. The normalized spacial score (nSPS) is 11.3. The molecule has 1 aromatic heterocycles. The number of phenols is 1. The van der Waals surface area contributed by atoms with E-state index in [0.29, 0.717) is 5.75 Å². The minimum Gasteiger partial charge on any atom is -0.506 e. The Morgan fingerprint density at radius 2 is 1.78 bits per heavy atom. The Morgan fingerprint density at radius 3 is 2.48 bits per heavy atom. The van der Waals surface area contributed by atoms with Crippen molar-refractivity contribution in [2.45, 2.75) is 0 Å². The van der Waals surface area contributed by atoms with Crippen LogP contribution in [-0.2, 0) is 0 Å². The minimum absolute atomic E-state index is 0.330. The van der Waals surface area contributed by atoms with Gasteiger partial charge in [-0.15, -0.1) is 0 Å². The Labute approximate surface area is 161 Å². The molecular formula is C18H13I2NO2. The van der Waals surface area contributed by atoms with Crippen molar-refractivity contribution in [2.24, 2.45) is 0 Å². The highest BCUT2D eigenvalue weighted by atomic mass is 127. The molecule has 23 heavy (non-hydrogen) atoms. The van der Waals surface area contributed by atoms with Crippen molar-refractivity contribution in [3.63, 3.8) is 0 Å². The maximum atomic E-state index is 9.83. The highest BCUT2D eigenvalue weighted by Gasteiger charge is 2.05. The van der Waals surface area contributed by atoms with E-state index in [1.54, 1.807) is 7.11 Å². The number of aromatic hydroxyl groups is 1. The van der Waals surface area contributed by atoms with Crippen LogP contribution in [0.5, 0.6) is 11.5 Å². The van der Waals surface area contributed by atoms with Gasteiger partial charge in [0.1, 0.15) is 17.0 Å². The third kappa shape index (κ3) is 3.60. The summed E-state index contributed by atoms with van der Waals surface area (Å²) in [6.45, 7) is 0. The number of phenolic OH excluding ortho intramolecular Hbond substituents is 1. The summed E-state index contributed by atoms with van der Waals surface area (Å²) in [5.41, 5.74) is 2.74. The van der Waals surface area contributed by atoms with Crippen molar-refractivity contribution in [3.8, 4) is 11.5 Å². The lowest BCUT2D eigenvalue weighted by Gasteiger charge is -2.05. The first-order chi connectivity index (χ1) is 11.1. The largest absolute Gasteiger partial charge is 0.506 e. The van der Waals surface area contributed by atoms with E-state index in [-0.39, 0.29) is 0 Å². The Kier molecular flexibility index (Phi) is 5.05. The molecule has 0 saturated carbocycles. The number of rotatable bonds is 3. The van der Waals surface area contributed by atoms with Crippen LogP contribution in [0.3, 0.4) is 0 Å². The summed E-state index contributed by atoms with van der Waals surface area (Å²) in [5.74, 6) is 1.10. The molecule has 0 unspecified atom stereocenters. The van der Waals surface area contributed by atoms with Crippen LogP contribution in [-0.4, -0.2) is 17.2 Å². The molecule has 0 bridgehead atoms. The van der Waals surface area contributed by atoms with Gasteiger partial charge in [0.2, 0.25) is 0 Å². The zero-order valence-electron chi connectivity index (χ0n) is 12.3. The predicted octanol–water partition coefficient (Wildman–Crippen LogP) is 5.33. The third-order valence-corrected chi connectivity index (χ3v) is 5.06. The molecule has 0 saturated heterocycles. The Hall–Kier alpha value is -1.35. The molecule has 116 valence electrons. The number of aromatic nitrogens is 1. The summed E-state index contributed by atoms with van der Waals surface area (Å²) in [6, 6.07) is 13.8. The highest BCUT2D eigenvalue weighted by molar-refractivity contribution is 14.1. The summed E-state index contributed by atoms with van der Waals surface area (Å²) in [6.07, 6.45) is 3.96. The van der Waals surface area contributed by atoms with Gasteiger partial charge in [0.25, 0.3) is 0 Å². The molecule has 5 heteroatoms. The zero-order valence-corrected chi connectivity index (χ0v) is 16.6. The second-order valence-corrected chi connectivity index (χ2v) is 7.26. The Morgan fingerprint density at radius 1 is 1.04 bits per heavy atom. The molecule has 3 rings (SSSR count). The molecule has 0 fully saturated rings. The van der Waals surface area contributed by atoms with Gasteiger partial charge in [-0.3, -0.25) is 0 Å². The van der Waals surface area contributed by atoms with E-state index in [1.165, 1.54) is 0 Å². The molecule has 0 aliphatic rings. The van der Waals surface area contributed by atoms with Crippen molar-refractivity contribution in [1.29, 1.82) is 0 Å². The van der Waals surface area contributed by atoms with Crippen LogP contribution >= 0.6 is 45.2 Å². The molecule has 1 heterocycles. The van der Waals surface area contributed by atoms with E-state index in [2.05, 4.69) is 50.2 Å². The van der Waals surface area contributed by atoms with Gasteiger partial charge in [-0.2, -0.15) is 0 Å². The average Bonchev–Trinajstić information content (AvgIpc) is 2.57. The summed E-state index contributed by atoms with van der Waals surface area (Å²) >= 11 is 4.26. The molecule has 0 amide bonds. The number of pyridine rings is 1. The van der Waals surface area contributed by atoms with Crippen LogP contribution in [0.1, 0.15) is 11.3 Å². The number of fused-ring (bicyclic) bond motifs is 1. The fraction of sp³-hybridized carbons (Fsp3) is 0.0556. The summed E-state index contributed by atoms with van der Waals surface area (Å²) in [4.78, 5) is 4.66. The van der Waals surface area contributed by atoms with Gasteiger partial charge >= 0.3 is 0 Å². The number of ether oxygens (including phenoxy) is 1. The van der Waals surface area contributed by atoms with Crippen molar-refractivity contribution < 1.29 is 9.84 Å². The number of nitrogens with zero attached hydrogens (tertiary/aromatic N) is 1. The van der Waals surface area contributed by atoms with Gasteiger partial charge in [0.15, 0.2) is 0 Å². The zero-order chi connectivity index (χ0) is 16.4. The topological polar surface area (TPSA) is 42.4 Å². The van der Waals surface area contributed by atoms with Crippen molar-refractivity contribution >= 4 is 68.2 Å². The van der Waals surface area contributed by atoms with Crippen LogP contribution < -0.4 is 4.74 Å². The van der Waals surface area contributed by atoms with Gasteiger partial charge in [0, 0.05) is 5.39 Å². The van der Waals surface area contributed by atoms with Gasteiger partial charge < -0.3 is 9.84 Å². The van der Waals surface area contributed by atoms with Gasteiger partial charge in [-0.25, -0.2) is 4.98 Å². The SMILES string of the molecule is COc1cccc2ccc(/C=C\c3cc(I)c(O)c(I)c3)nc12. The van der Waals surface area contributed by atoms with Gasteiger partial charge in [0.05, 0.1) is 19.9 Å². The standard InChI is InChI=1S/C18H13I2NO2/c1-23-16-4-2-3-12-6-8-13(21-17(12)16)7-5-11-9-14(19)18(22)15(20)10-11/h2-10,22H,1H3/b7-5-. The van der Waals surface area contributed by atoms with E-state index in [4.69, 9.17) is 4.74 Å². The van der Waals surface area contributed by atoms with Crippen molar-refractivity contribution in [3.05, 3.63) is 60.9 Å². The number of hydrogen-bond acceptors (Lipinski definition) is 3.